The maximum atomic E-state index is 11.3. The summed E-state index contributed by atoms with van der Waals surface area (Å²) in [6.45, 7) is -0.105. The molecular formula is C16H14ClN3O2. The van der Waals surface area contributed by atoms with E-state index in [1.54, 1.807) is 35.4 Å². The van der Waals surface area contributed by atoms with Crippen LogP contribution in [0.3, 0.4) is 0 Å². The summed E-state index contributed by atoms with van der Waals surface area (Å²) in [6, 6.07) is 7.02. The summed E-state index contributed by atoms with van der Waals surface area (Å²) in [5.41, 5.74) is 7.33. The molecule has 0 saturated heterocycles. The average Bonchev–Trinajstić information content (AvgIpc) is 2.53. The standard InChI is InChI=1S/C16H14ClN3O2/c17-12-4-1-10(2-5-12)14-7-13(9-21)20-8-11(16(18)22)3-6-15(20)19-14/h1-8,13,21H,9H2,(H2,18,22). The highest BCUT2D eigenvalue weighted by molar-refractivity contribution is 6.30. The van der Waals surface area contributed by atoms with Gasteiger partial charge in [0, 0.05) is 16.8 Å². The normalized spacial score (nSPS) is 20.0. The number of aliphatic hydroxyl groups excluding tert-OH is 1. The Bertz CT molecular complexity index is 732. The number of carbonyl (C=O) groups excluding carboxylic acids is 1. The molecule has 0 aliphatic carbocycles. The third-order valence-corrected chi connectivity index (χ3v) is 3.76. The van der Waals surface area contributed by atoms with Crippen molar-refractivity contribution in [2.45, 2.75) is 6.04 Å². The number of aliphatic imine (C=N–C) groups is 1. The van der Waals surface area contributed by atoms with Crippen LogP contribution in [0.5, 0.6) is 0 Å². The zero-order chi connectivity index (χ0) is 15.7. The third kappa shape index (κ3) is 2.68. The van der Waals surface area contributed by atoms with Crippen molar-refractivity contribution in [3.63, 3.8) is 0 Å². The van der Waals surface area contributed by atoms with Crippen molar-refractivity contribution in [2.24, 2.45) is 10.7 Å². The molecule has 0 saturated carbocycles. The zero-order valence-corrected chi connectivity index (χ0v) is 12.4. The van der Waals surface area contributed by atoms with E-state index in [-0.39, 0.29) is 12.6 Å². The minimum Gasteiger partial charge on any atom is -0.394 e. The first-order valence-electron chi connectivity index (χ1n) is 6.74. The fourth-order valence-electron chi connectivity index (χ4n) is 2.36. The van der Waals surface area contributed by atoms with Crippen molar-refractivity contribution in [3.05, 3.63) is 64.9 Å². The van der Waals surface area contributed by atoms with E-state index in [4.69, 9.17) is 17.3 Å². The van der Waals surface area contributed by atoms with E-state index in [0.717, 1.165) is 11.3 Å². The lowest BCUT2D eigenvalue weighted by Crippen LogP contribution is -2.41. The first-order chi connectivity index (χ1) is 10.6. The number of primary amides is 1. The highest BCUT2D eigenvalue weighted by Crippen LogP contribution is 2.27. The topological polar surface area (TPSA) is 78.9 Å². The fourth-order valence-corrected chi connectivity index (χ4v) is 2.49. The number of nitrogens with two attached hydrogens (primary N) is 1. The predicted molar refractivity (Wildman–Crippen MR) is 86.0 cm³/mol. The lowest BCUT2D eigenvalue weighted by atomic mass is 10.0. The van der Waals surface area contributed by atoms with Crippen LogP contribution in [0.1, 0.15) is 5.56 Å². The van der Waals surface area contributed by atoms with Crippen LogP contribution in [0.15, 0.2) is 59.3 Å². The van der Waals surface area contributed by atoms with E-state index < -0.39 is 5.91 Å². The smallest absolute Gasteiger partial charge is 0.250 e. The Kier molecular flexibility index (Phi) is 3.83. The summed E-state index contributed by atoms with van der Waals surface area (Å²) in [6.07, 6.45) is 6.79. The van der Waals surface area contributed by atoms with Gasteiger partial charge in [0.25, 0.3) is 0 Å². The third-order valence-electron chi connectivity index (χ3n) is 3.51. The number of rotatable bonds is 3. The minimum atomic E-state index is -0.514. The Hall–Kier alpha value is -2.37. The van der Waals surface area contributed by atoms with Gasteiger partial charge in [-0.25, -0.2) is 4.99 Å². The molecule has 5 nitrogen and oxygen atoms in total. The SMILES string of the molecule is NC(=O)C1=CN2C(=NC(c3ccc(Cl)cc3)=CC2CO)C=C1. The molecule has 22 heavy (non-hydrogen) atoms. The van der Waals surface area contributed by atoms with Crippen molar-refractivity contribution in [1.82, 2.24) is 4.90 Å². The molecule has 3 rings (SSSR count). The first-order valence-corrected chi connectivity index (χ1v) is 7.11. The van der Waals surface area contributed by atoms with Crippen LogP contribution in [0.2, 0.25) is 5.02 Å². The summed E-state index contributed by atoms with van der Waals surface area (Å²) >= 11 is 5.90. The highest BCUT2D eigenvalue weighted by Gasteiger charge is 2.25. The Labute approximate surface area is 132 Å². The van der Waals surface area contributed by atoms with Gasteiger partial charge in [0.1, 0.15) is 5.84 Å². The van der Waals surface area contributed by atoms with Gasteiger partial charge >= 0.3 is 0 Å². The van der Waals surface area contributed by atoms with Crippen LogP contribution in [-0.2, 0) is 4.79 Å². The second-order valence-corrected chi connectivity index (χ2v) is 5.40. The molecular weight excluding hydrogens is 302 g/mol. The van der Waals surface area contributed by atoms with Crippen LogP contribution < -0.4 is 5.73 Å². The molecule has 0 spiro atoms. The number of aliphatic hydroxyl groups is 1. The molecule has 0 aromatic heterocycles. The number of fused-ring (bicyclic) bond motifs is 1. The minimum absolute atomic E-state index is 0.105. The van der Waals surface area contributed by atoms with Crippen LogP contribution >= 0.6 is 11.6 Å². The van der Waals surface area contributed by atoms with E-state index in [2.05, 4.69) is 4.99 Å². The summed E-state index contributed by atoms with van der Waals surface area (Å²) in [5, 5.41) is 10.3. The lowest BCUT2D eigenvalue weighted by Gasteiger charge is -2.33. The fraction of sp³-hybridized carbons (Fsp3) is 0.125. The van der Waals surface area contributed by atoms with Gasteiger partial charge in [0.15, 0.2) is 0 Å². The molecule has 0 radical (unpaired) electrons. The molecule has 1 unspecified atom stereocenters. The van der Waals surface area contributed by atoms with E-state index in [9.17, 15) is 9.90 Å². The Balaban J connectivity index is 1.98. The zero-order valence-electron chi connectivity index (χ0n) is 11.6. The van der Waals surface area contributed by atoms with E-state index in [1.165, 1.54) is 0 Å². The van der Waals surface area contributed by atoms with Crippen LogP contribution in [-0.4, -0.2) is 34.4 Å². The lowest BCUT2D eigenvalue weighted by molar-refractivity contribution is -0.114. The van der Waals surface area contributed by atoms with Gasteiger partial charge in [0.2, 0.25) is 5.91 Å². The predicted octanol–water partition coefficient (Wildman–Crippen LogP) is 1.69. The number of hydrogen-bond acceptors (Lipinski definition) is 4. The van der Waals surface area contributed by atoms with Crippen molar-refractivity contribution in [3.8, 4) is 0 Å². The molecule has 0 fully saturated rings. The van der Waals surface area contributed by atoms with Crippen molar-refractivity contribution >= 4 is 29.0 Å². The molecule has 1 aromatic carbocycles. The van der Waals surface area contributed by atoms with Gasteiger partial charge in [-0.15, -0.1) is 0 Å². The molecule has 3 N–H and O–H groups in total. The molecule has 2 aliphatic heterocycles. The second kappa shape index (κ2) is 5.79. The number of halogens is 1. The van der Waals surface area contributed by atoms with Gasteiger partial charge in [-0.1, -0.05) is 23.7 Å². The number of amidine groups is 1. The van der Waals surface area contributed by atoms with E-state index in [0.29, 0.717) is 16.4 Å². The maximum Gasteiger partial charge on any atom is 0.250 e. The molecule has 1 atom stereocenters. The number of hydrogen-bond donors (Lipinski definition) is 2. The monoisotopic (exact) mass is 315 g/mol. The van der Waals surface area contributed by atoms with Crippen molar-refractivity contribution < 1.29 is 9.90 Å². The van der Waals surface area contributed by atoms with Gasteiger partial charge in [-0.05, 0) is 30.4 Å². The molecule has 2 heterocycles. The average molecular weight is 316 g/mol. The molecule has 112 valence electrons. The number of amides is 1. The first kappa shape index (κ1) is 14.6. The Morgan fingerprint density at radius 3 is 2.68 bits per heavy atom. The maximum absolute atomic E-state index is 11.3. The summed E-state index contributed by atoms with van der Waals surface area (Å²) in [5.74, 6) is 0.135. The number of nitrogens with zero attached hydrogens (tertiary/aromatic N) is 2. The van der Waals surface area contributed by atoms with Gasteiger partial charge in [-0.2, -0.15) is 0 Å². The van der Waals surface area contributed by atoms with Gasteiger partial charge in [-0.3, -0.25) is 4.79 Å². The van der Waals surface area contributed by atoms with Crippen molar-refractivity contribution in [1.29, 1.82) is 0 Å². The molecule has 2 aliphatic rings. The number of carbonyl (C=O) groups is 1. The summed E-state index contributed by atoms with van der Waals surface area (Å²) in [4.78, 5) is 17.6. The van der Waals surface area contributed by atoms with Crippen molar-refractivity contribution in [2.75, 3.05) is 6.61 Å². The van der Waals surface area contributed by atoms with E-state index in [1.807, 2.05) is 18.2 Å². The quantitative estimate of drug-likeness (QED) is 0.891. The Morgan fingerprint density at radius 2 is 2.05 bits per heavy atom. The van der Waals surface area contributed by atoms with Gasteiger partial charge < -0.3 is 15.7 Å². The van der Waals surface area contributed by atoms with Crippen LogP contribution in [0.25, 0.3) is 5.70 Å². The van der Waals surface area contributed by atoms with E-state index >= 15 is 0 Å². The largest absolute Gasteiger partial charge is 0.394 e. The van der Waals surface area contributed by atoms with Gasteiger partial charge in [0.05, 0.1) is 23.9 Å². The molecule has 1 aromatic rings. The summed E-state index contributed by atoms with van der Waals surface area (Å²) < 4.78 is 0. The second-order valence-electron chi connectivity index (χ2n) is 4.97. The molecule has 1 amide bonds. The Morgan fingerprint density at radius 1 is 1.32 bits per heavy atom. The van der Waals surface area contributed by atoms with Crippen LogP contribution in [0, 0.1) is 0 Å². The highest BCUT2D eigenvalue weighted by atomic mass is 35.5. The summed E-state index contributed by atoms with van der Waals surface area (Å²) in [7, 11) is 0. The molecule has 6 heteroatoms. The molecule has 0 bridgehead atoms. The number of benzene rings is 1. The van der Waals surface area contributed by atoms with Crippen LogP contribution in [0.4, 0.5) is 0 Å².